The minimum atomic E-state index is -4.47. The monoisotopic (exact) mass is 388 g/mol. The molecule has 26 heavy (non-hydrogen) atoms. The normalized spacial score (nSPS) is 16.8. The van der Waals surface area contributed by atoms with E-state index in [-0.39, 0.29) is 17.5 Å². The van der Waals surface area contributed by atoms with E-state index >= 15 is 0 Å². The highest BCUT2D eigenvalue weighted by Gasteiger charge is 2.41. The molecule has 0 radical (unpaired) electrons. The van der Waals surface area contributed by atoms with Crippen LogP contribution in [-0.2, 0) is 22.0 Å². The molecule has 0 bridgehead atoms. The Morgan fingerprint density at radius 1 is 1.31 bits per heavy atom. The number of halogens is 3. The van der Waals surface area contributed by atoms with Crippen LogP contribution in [0.25, 0.3) is 0 Å². The molecule has 1 aliphatic carbocycles. The first kappa shape index (κ1) is 18.9. The van der Waals surface area contributed by atoms with Gasteiger partial charge in [0.25, 0.3) is 0 Å². The third kappa shape index (κ3) is 4.09. The molecule has 1 aliphatic rings. The predicted molar refractivity (Wildman–Crippen MR) is 88.6 cm³/mol. The first-order valence-corrected chi connectivity index (χ1v) is 9.79. The Kier molecular flexibility index (Phi) is 4.87. The SMILES string of the molecule is Cc1cc(CS(=O)(=O)N(C2CC2)[C@@H](C)c2cccc(C(F)(F)F)c2)no1. The Morgan fingerprint density at radius 2 is 2.00 bits per heavy atom. The van der Waals surface area contributed by atoms with Gasteiger partial charge in [-0.15, -0.1) is 0 Å². The van der Waals surface area contributed by atoms with Gasteiger partial charge in [-0.3, -0.25) is 0 Å². The maximum atomic E-state index is 13.0. The van der Waals surface area contributed by atoms with Gasteiger partial charge < -0.3 is 4.52 Å². The van der Waals surface area contributed by atoms with E-state index in [4.69, 9.17) is 4.52 Å². The molecular formula is C17H19F3N2O3S. The number of sulfonamides is 1. The largest absolute Gasteiger partial charge is 0.416 e. The molecule has 0 aliphatic heterocycles. The Balaban J connectivity index is 1.90. The fourth-order valence-corrected chi connectivity index (χ4v) is 4.91. The van der Waals surface area contributed by atoms with Crippen molar-refractivity contribution < 1.29 is 26.1 Å². The number of aromatic nitrogens is 1. The van der Waals surface area contributed by atoms with E-state index in [0.717, 1.165) is 12.1 Å². The van der Waals surface area contributed by atoms with E-state index < -0.39 is 27.8 Å². The molecule has 0 unspecified atom stereocenters. The molecule has 0 spiro atoms. The van der Waals surface area contributed by atoms with Crippen LogP contribution < -0.4 is 0 Å². The van der Waals surface area contributed by atoms with Crippen LogP contribution >= 0.6 is 0 Å². The highest BCUT2D eigenvalue weighted by molar-refractivity contribution is 7.88. The number of hydrogen-bond donors (Lipinski definition) is 0. The third-order valence-corrected chi connectivity index (χ3v) is 6.23. The van der Waals surface area contributed by atoms with Crippen LogP contribution in [0, 0.1) is 6.92 Å². The van der Waals surface area contributed by atoms with E-state index in [0.29, 0.717) is 24.2 Å². The van der Waals surface area contributed by atoms with Crippen LogP contribution in [0.3, 0.4) is 0 Å². The highest BCUT2D eigenvalue weighted by Crippen LogP contribution is 2.39. The lowest BCUT2D eigenvalue weighted by atomic mass is 10.0. The molecule has 3 rings (SSSR count). The van der Waals surface area contributed by atoms with E-state index in [9.17, 15) is 21.6 Å². The Bertz CT molecular complexity index is 889. The molecule has 0 amide bonds. The topological polar surface area (TPSA) is 63.4 Å². The smallest absolute Gasteiger partial charge is 0.361 e. The zero-order chi connectivity index (χ0) is 19.1. The van der Waals surface area contributed by atoms with Crippen LogP contribution in [0.4, 0.5) is 13.2 Å². The minimum absolute atomic E-state index is 0.197. The number of benzene rings is 1. The van der Waals surface area contributed by atoms with Gasteiger partial charge in [-0.2, -0.15) is 17.5 Å². The molecule has 9 heteroatoms. The molecule has 0 N–H and O–H groups in total. The van der Waals surface area contributed by atoms with Crippen molar-refractivity contribution in [2.45, 2.75) is 50.7 Å². The van der Waals surface area contributed by atoms with Gasteiger partial charge in [0.1, 0.15) is 17.2 Å². The molecule has 2 aromatic rings. The molecule has 1 heterocycles. The highest BCUT2D eigenvalue weighted by atomic mass is 32.2. The van der Waals surface area contributed by atoms with Crippen molar-refractivity contribution >= 4 is 10.0 Å². The van der Waals surface area contributed by atoms with Gasteiger partial charge in [-0.1, -0.05) is 17.3 Å². The Labute approximate surface area is 149 Å². The molecule has 1 aromatic heterocycles. The van der Waals surface area contributed by atoms with Crippen molar-refractivity contribution in [3.8, 4) is 0 Å². The first-order valence-electron chi connectivity index (χ1n) is 8.18. The second-order valence-corrected chi connectivity index (χ2v) is 8.42. The summed E-state index contributed by atoms with van der Waals surface area (Å²) in [5.41, 5.74) is -0.196. The van der Waals surface area contributed by atoms with Crippen LogP contribution in [0.5, 0.6) is 0 Å². The van der Waals surface area contributed by atoms with Crippen molar-refractivity contribution in [2.24, 2.45) is 0 Å². The van der Waals surface area contributed by atoms with Crippen molar-refractivity contribution in [3.05, 3.63) is 52.9 Å². The molecule has 1 atom stereocenters. The van der Waals surface area contributed by atoms with E-state index in [2.05, 4.69) is 5.16 Å². The van der Waals surface area contributed by atoms with Gasteiger partial charge >= 0.3 is 6.18 Å². The number of alkyl halides is 3. The van der Waals surface area contributed by atoms with Gasteiger partial charge in [0, 0.05) is 18.2 Å². The summed E-state index contributed by atoms with van der Waals surface area (Å²) in [6.45, 7) is 3.27. The second-order valence-electron chi connectivity index (χ2n) is 6.55. The van der Waals surface area contributed by atoms with Gasteiger partial charge in [-0.25, -0.2) is 8.42 Å². The van der Waals surface area contributed by atoms with Gasteiger partial charge in [-0.05, 0) is 44.4 Å². The van der Waals surface area contributed by atoms with Crippen LogP contribution in [0.1, 0.15) is 48.4 Å². The van der Waals surface area contributed by atoms with Gasteiger partial charge in [0.2, 0.25) is 10.0 Å². The zero-order valence-electron chi connectivity index (χ0n) is 14.3. The van der Waals surface area contributed by atoms with Crippen LogP contribution in [-0.4, -0.2) is 23.9 Å². The Hall–Kier alpha value is -1.87. The summed E-state index contributed by atoms with van der Waals surface area (Å²) in [5.74, 6) is 0.156. The zero-order valence-corrected chi connectivity index (χ0v) is 15.1. The summed E-state index contributed by atoms with van der Waals surface area (Å²) in [6.07, 6.45) is -3.09. The number of aryl methyl sites for hydroxylation is 1. The van der Waals surface area contributed by atoms with Gasteiger partial charge in [0.15, 0.2) is 0 Å². The number of rotatable bonds is 6. The molecule has 1 aromatic carbocycles. The lowest BCUT2D eigenvalue weighted by molar-refractivity contribution is -0.137. The lowest BCUT2D eigenvalue weighted by Gasteiger charge is -2.29. The summed E-state index contributed by atoms with van der Waals surface area (Å²) in [4.78, 5) is 0. The average Bonchev–Trinajstić information content (AvgIpc) is 3.28. The molecule has 5 nitrogen and oxygen atoms in total. The van der Waals surface area contributed by atoms with Crippen molar-refractivity contribution in [1.29, 1.82) is 0 Å². The summed E-state index contributed by atoms with van der Waals surface area (Å²) in [5, 5.41) is 3.71. The standard InChI is InChI=1S/C17H19F3N2O3S/c1-11-8-15(21-25-11)10-26(23,24)22(16-6-7-16)12(2)13-4-3-5-14(9-13)17(18,19)20/h3-5,8-9,12,16H,6-7,10H2,1-2H3/t12-/m0/s1. The molecule has 0 saturated heterocycles. The van der Waals surface area contributed by atoms with Crippen LogP contribution in [0.15, 0.2) is 34.9 Å². The van der Waals surface area contributed by atoms with E-state index in [1.807, 2.05) is 0 Å². The fraction of sp³-hybridized carbons (Fsp3) is 0.471. The quantitative estimate of drug-likeness (QED) is 0.749. The second kappa shape index (κ2) is 6.70. The maximum absolute atomic E-state index is 13.0. The van der Waals surface area contributed by atoms with Crippen molar-refractivity contribution in [2.75, 3.05) is 0 Å². The van der Waals surface area contributed by atoms with Crippen molar-refractivity contribution in [3.63, 3.8) is 0 Å². The number of hydrogen-bond acceptors (Lipinski definition) is 4. The van der Waals surface area contributed by atoms with Crippen LogP contribution in [0.2, 0.25) is 0 Å². The lowest BCUT2D eigenvalue weighted by Crippen LogP contribution is -2.36. The van der Waals surface area contributed by atoms with E-state index in [1.54, 1.807) is 13.8 Å². The first-order chi connectivity index (χ1) is 12.1. The number of nitrogens with zero attached hydrogens (tertiary/aromatic N) is 2. The van der Waals surface area contributed by atoms with E-state index in [1.165, 1.54) is 22.5 Å². The molecule has 1 fully saturated rings. The van der Waals surface area contributed by atoms with Gasteiger partial charge in [0.05, 0.1) is 5.56 Å². The maximum Gasteiger partial charge on any atom is 0.416 e. The third-order valence-electron chi connectivity index (χ3n) is 4.31. The summed E-state index contributed by atoms with van der Waals surface area (Å²) < 4.78 is 71.0. The average molecular weight is 388 g/mol. The predicted octanol–water partition coefficient (Wildman–Crippen LogP) is 4.06. The fourth-order valence-electron chi connectivity index (χ4n) is 2.98. The van der Waals surface area contributed by atoms with Crippen molar-refractivity contribution in [1.82, 2.24) is 9.46 Å². The molecule has 142 valence electrons. The summed E-state index contributed by atoms with van der Waals surface area (Å²) in [7, 11) is -3.76. The Morgan fingerprint density at radius 3 is 2.54 bits per heavy atom. The summed E-state index contributed by atoms with van der Waals surface area (Å²) in [6, 6.07) is 5.44. The molecular weight excluding hydrogens is 369 g/mol. The minimum Gasteiger partial charge on any atom is -0.361 e. The summed E-state index contributed by atoms with van der Waals surface area (Å²) >= 11 is 0. The molecule has 1 saturated carbocycles.